The number of methoxy groups -OCH3 is 2. The molecule has 0 aliphatic carbocycles. The highest BCUT2D eigenvalue weighted by molar-refractivity contribution is 5.76. The van der Waals surface area contributed by atoms with Crippen molar-refractivity contribution in [2.45, 2.75) is 39.0 Å². The van der Waals surface area contributed by atoms with Crippen LogP contribution in [0.5, 0.6) is 11.5 Å². The van der Waals surface area contributed by atoms with Gasteiger partial charge in [0.15, 0.2) is 0 Å². The summed E-state index contributed by atoms with van der Waals surface area (Å²) in [6, 6.07) is 5.64. The zero-order valence-corrected chi connectivity index (χ0v) is 12.7. The maximum atomic E-state index is 11.8. The summed E-state index contributed by atoms with van der Waals surface area (Å²) < 4.78 is 10.5. The van der Waals surface area contributed by atoms with Crippen LogP contribution >= 0.6 is 0 Å². The first-order valence-electron chi connectivity index (χ1n) is 7.18. The molecule has 0 bridgehead atoms. The van der Waals surface area contributed by atoms with Crippen molar-refractivity contribution in [3.8, 4) is 11.5 Å². The van der Waals surface area contributed by atoms with Gasteiger partial charge in [-0.1, -0.05) is 19.8 Å². The van der Waals surface area contributed by atoms with Gasteiger partial charge in [0.2, 0.25) is 5.91 Å². The molecule has 1 rings (SSSR count). The van der Waals surface area contributed by atoms with Crippen molar-refractivity contribution in [1.29, 1.82) is 0 Å². The normalized spacial score (nSPS) is 10.2. The molecule has 20 heavy (non-hydrogen) atoms. The Hall–Kier alpha value is -1.71. The standard InChI is InChI=1S/C16H25NO3/c1-4-5-6-11-17-16(18)10-7-13-12-14(19-2)8-9-15(13)20-3/h8-9,12H,4-7,10-11H2,1-3H3,(H,17,18). The minimum atomic E-state index is 0.0889. The number of nitrogens with one attached hydrogen (secondary N) is 1. The Labute approximate surface area is 121 Å². The molecule has 0 heterocycles. The molecule has 0 aliphatic heterocycles. The van der Waals surface area contributed by atoms with Crippen molar-refractivity contribution < 1.29 is 14.3 Å². The van der Waals surface area contributed by atoms with Crippen molar-refractivity contribution in [3.05, 3.63) is 23.8 Å². The third-order valence-electron chi connectivity index (χ3n) is 3.21. The fraction of sp³-hybridized carbons (Fsp3) is 0.562. The van der Waals surface area contributed by atoms with Gasteiger partial charge in [-0.05, 0) is 36.6 Å². The van der Waals surface area contributed by atoms with Crippen molar-refractivity contribution in [1.82, 2.24) is 5.32 Å². The first-order valence-corrected chi connectivity index (χ1v) is 7.18. The van der Waals surface area contributed by atoms with E-state index in [0.717, 1.165) is 42.9 Å². The fourth-order valence-electron chi connectivity index (χ4n) is 2.02. The minimum absolute atomic E-state index is 0.0889. The molecule has 1 aromatic rings. The van der Waals surface area contributed by atoms with Gasteiger partial charge in [0.1, 0.15) is 11.5 Å². The lowest BCUT2D eigenvalue weighted by Crippen LogP contribution is -2.24. The highest BCUT2D eigenvalue weighted by atomic mass is 16.5. The Morgan fingerprint density at radius 2 is 2.00 bits per heavy atom. The zero-order chi connectivity index (χ0) is 14.8. The van der Waals surface area contributed by atoms with Crippen LogP contribution < -0.4 is 14.8 Å². The van der Waals surface area contributed by atoms with E-state index in [1.54, 1.807) is 14.2 Å². The minimum Gasteiger partial charge on any atom is -0.497 e. The topological polar surface area (TPSA) is 47.6 Å². The lowest BCUT2D eigenvalue weighted by molar-refractivity contribution is -0.121. The van der Waals surface area contributed by atoms with Gasteiger partial charge in [-0.3, -0.25) is 4.79 Å². The van der Waals surface area contributed by atoms with Gasteiger partial charge < -0.3 is 14.8 Å². The van der Waals surface area contributed by atoms with Gasteiger partial charge in [0, 0.05) is 13.0 Å². The molecular weight excluding hydrogens is 254 g/mol. The number of benzene rings is 1. The van der Waals surface area contributed by atoms with Crippen LogP contribution in [0.2, 0.25) is 0 Å². The van der Waals surface area contributed by atoms with Gasteiger partial charge in [-0.15, -0.1) is 0 Å². The highest BCUT2D eigenvalue weighted by Crippen LogP contribution is 2.24. The summed E-state index contributed by atoms with van der Waals surface area (Å²) in [5, 5.41) is 2.94. The first kappa shape index (κ1) is 16.3. The maximum absolute atomic E-state index is 11.8. The number of ether oxygens (including phenoxy) is 2. The van der Waals surface area contributed by atoms with E-state index in [9.17, 15) is 4.79 Å². The summed E-state index contributed by atoms with van der Waals surface area (Å²) in [5.41, 5.74) is 0.996. The highest BCUT2D eigenvalue weighted by Gasteiger charge is 2.08. The molecule has 112 valence electrons. The van der Waals surface area contributed by atoms with Gasteiger partial charge in [0.25, 0.3) is 0 Å². The lowest BCUT2D eigenvalue weighted by Gasteiger charge is -2.10. The van der Waals surface area contributed by atoms with Crippen molar-refractivity contribution >= 4 is 5.91 Å². The molecule has 1 amide bonds. The second-order valence-electron chi connectivity index (χ2n) is 4.73. The molecule has 0 fully saturated rings. The Balaban J connectivity index is 2.45. The van der Waals surface area contributed by atoms with Crippen LogP contribution in [0.1, 0.15) is 38.2 Å². The number of carbonyl (C=O) groups excluding carboxylic acids is 1. The Morgan fingerprint density at radius 1 is 1.20 bits per heavy atom. The largest absolute Gasteiger partial charge is 0.497 e. The molecule has 0 atom stereocenters. The molecule has 4 nitrogen and oxygen atoms in total. The third-order valence-corrected chi connectivity index (χ3v) is 3.21. The molecule has 4 heteroatoms. The van der Waals surface area contributed by atoms with Crippen LogP contribution in [0, 0.1) is 0 Å². The summed E-state index contributed by atoms with van der Waals surface area (Å²) in [7, 11) is 3.27. The number of hydrogen-bond donors (Lipinski definition) is 1. The van der Waals surface area contributed by atoms with Gasteiger partial charge >= 0.3 is 0 Å². The molecule has 0 aliphatic rings. The second-order valence-corrected chi connectivity index (χ2v) is 4.73. The lowest BCUT2D eigenvalue weighted by atomic mass is 10.1. The third kappa shape index (κ3) is 5.51. The maximum Gasteiger partial charge on any atom is 0.220 e. The van der Waals surface area contributed by atoms with Crippen LogP contribution in [0.4, 0.5) is 0 Å². The van der Waals surface area contributed by atoms with Crippen LogP contribution in [-0.4, -0.2) is 26.7 Å². The summed E-state index contributed by atoms with van der Waals surface area (Å²) in [4.78, 5) is 11.8. The fourth-order valence-corrected chi connectivity index (χ4v) is 2.02. The van der Waals surface area contributed by atoms with Crippen LogP contribution in [0.15, 0.2) is 18.2 Å². The number of carbonyl (C=O) groups is 1. The average molecular weight is 279 g/mol. The van der Waals surface area contributed by atoms with E-state index in [0.29, 0.717) is 12.8 Å². The zero-order valence-electron chi connectivity index (χ0n) is 12.7. The Bertz CT molecular complexity index is 418. The number of unbranched alkanes of at least 4 members (excludes halogenated alkanes) is 2. The predicted octanol–water partition coefficient (Wildman–Crippen LogP) is 2.94. The van der Waals surface area contributed by atoms with Crippen molar-refractivity contribution in [2.75, 3.05) is 20.8 Å². The molecular formula is C16H25NO3. The van der Waals surface area contributed by atoms with E-state index in [4.69, 9.17) is 9.47 Å². The monoisotopic (exact) mass is 279 g/mol. The number of aryl methyl sites for hydroxylation is 1. The molecule has 0 radical (unpaired) electrons. The predicted molar refractivity (Wildman–Crippen MR) is 80.4 cm³/mol. The smallest absolute Gasteiger partial charge is 0.220 e. The molecule has 1 aromatic carbocycles. The van der Waals surface area contributed by atoms with Crippen LogP contribution in [-0.2, 0) is 11.2 Å². The van der Waals surface area contributed by atoms with Gasteiger partial charge in [0.05, 0.1) is 14.2 Å². The molecule has 1 N–H and O–H groups in total. The molecule has 0 saturated heterocycles. The molecule has 0 unspecified atom stereocenters. The number of hydrogen-bond acceptors (Lipinski definition) is 3. The first-order chi connectivity index (χ1) is 9.71. The molecule has 0 aromatic heterocycles. The molecule has 0 spiro atoms. The van der Waals surface area contributed by atoms with E-state index in [2.05, 4.69) is 12.2 Å². The van der Waals surface area contributed by atoms with Crippen LogP contribution in [0.25, 0.3) is 0 Å². The summed E-state index contributed by atoms with van der Waals surface area (Å²) >= 11 is 0. The summed E-state index contributed by atoms with van der Waals surface area (Å²) in [6.45, 7) is 2.92. The van der Waals surface area contributed by atoms with Gasteiger partial charge in [-0.2, -0.15) is 0 Å². The van der Waals surface area contributed by atoms with E-state index in [-0.39, 0.29) is 5.91 Å². The number of rotatable bonds is 9. The average Bonchev–Trinajstić information content (AvgIpc) is 2.49. The Kier molecular flexibility index (Phi) is 7.55. The quantitative estimate of drug-likeness (QED) is 0.707. The van der Waals surface area contributed by atoms with Crippen LogP contribution in [0.3, 0.4) is 0 Å². The van der Waals surface area contributed by atoms with Crippen molar-refractivity contribution in [3.63, 3.8) is 0 Å². The van der Waals surface area contributed by atoms with E-state index >= 15 is 0 Å². The molecule has 0 saturated carbocycles. The van der Waals surface area contributed by atoms with E-state index in [1.165, 1.54) is 0 Å². The van der Waals surface area contributed by atoms with Gasteiger partial charge in [-0.25, -0.2) is 0 Å². The SMILES string of the molecule is CCCCCNC(=O)CCc1cc(OC)ccc1OC. The number of amides is 1. The summed E-state index contributed by atoms with van der Waals surface area (Å²) in [5.74, 6) is 1.67. The van der Waals surface area contributed by atoms with E-state index < -0.39 is 0 Å². The Morgan fingerprint density at radius 3 is 2.65 bits per heavy atom. The summed E-state index contributed by atoms with van der Waals surface area (Å²) in [6.07, 6.45) is 4.49. The second kappa shape index (κ2) is 9.23. The van der Waals surface area contributed by atoms with E-state index in [1.807, 2.05) is 18.2 Å². The van der Waals surface area contributed by atoms with Crippen molar-refractivity contribution in [2.24, 2.45) is 0 Å².